The standard InChI is InChI=1S/C22H30N4O2.C2H6O4S/c23-21(24)17-7-11-19(12-8-17)27-15-5-3-1-2-4-6-16-28-20-13-9-18(10-14-20)22(25)26;3-1-2-7(4,5)6/h7-14H,1-6,15-16H2,(H3,23,24)(H3,25,26);3H,1-2H2,(H,4,5,6). The number of benzene rings is 2. The molecule has 0 radical (unpaired) electrons. The molecule has 10 nitrogen and oxygen atoms in total. The molecule has 0 saturated heterocycles. The summed E-state index contributed by atoms with van der Waals surface area (Å²) >= 11 is 0. The van der Waals surface area contributed by atoms with Crippen LogP contribution < -0.4 is 20.9 Å². The molecular weight excluding hydrogens is 472 g/mol. The zero-order valence-corrected chi connectivity index (χ0v) is 20.6. The van der Waals surface area contributed by atoms with Gasteiger partial charge in [0.15, 0.2) is 0 Å². The zero-order chi connectivity index (χ0) is 26.1. The summed E-state index contributed by atoms with van der Waals surface area (Å²) in [4.78, 5) is 0. The fraction of sp³-hybridized carbons (Fsp3) is 0.417. The van der Waals surface area contributed by atoms with E-state index in [4.69, 9.17) is 41.4 Å². The number of aliphatic hydroxyl groups is 1. The van der Waals surface area contributed by atoms with Crippen molar-refractivity contribution >= 4 is 21.8 Å². The van der Waals surface area contributed by atoms with Gasteiger partial charge in [-0.25, -0.2) is 0 Å². The third-order valence-corrected chi connectivity index (χ3v) is 5.45. The van der Waals surface area contributed by atoms with Crippen molar-refractivity contribution in [1.29, 1.82) is 10.8 Å². The maximum Gasteiger partial charge on any atom is 0.267 e. The molecule has 194 valence electrons. The van der Waals surface area contributed by atoms with E-state index in [1.54, 1.807) is 24.3 Å². The summed E-state index contributed by atoms with van der Waals surface area (Å²) in [7, 11) is -3.92. The molecule has 11 heteroatoms. The van der Waals surface area contributed by atoms with Crippen molar-refractivity contribution in [3.8, 4) is 11.5 Å². The van der Waals surface area contributed by atoms with E-state index >= 15 is 0 Å². The molecule has 0 aliphatic carbocycles. The van der Waals surface area contributed by atoms with Crippen molar-refractivity contribution in [2.45, 2.75) is 38.5 Å². The minimum absolute atomic E-state index is 0.0721. The Labute approximate surface area is 207 Å². The first-order valence-corrected chi connectivity index (χ1v) is 12.9. The van der Waals surface area contributed by atoms with Crippen LogP contribution in [0.25, 0.3) is 0 Å². The van der Waals surface area contributed by atoms with Crippen LogP contribution in [0.4, 0.5) is 0 Å². The Kier molecular flexibility index (Phi) is 14.1. The van der Waals surface area contributed by atoms with Crippen LogP contribution >= 0.6 is 0 Å². The van der Waals surface area contributed by atoms with E-state index in [9.17, 15) is 8.42 Å². The number of unbranched alkanes of at least 4 members (excludes halogenated alkanes) is 5. The van der Waals surface area contributed by atoms with Crippen molar-refractivity contribution in [3.63, 3.8) is 0 Å². The van der Waals surface area contributed by atoms with Gasteiger partial charge < -0.3 is 26.0 Å². The minimum Gasteiger partial charge on any atom is -0.494 e. The highest BCUT2D eigenvalue weighted by Gasteiger charge is 2.00. The summed E-state index contributed by atoms with van der Waals surface area (Å²) in [5.41, 5.74) is 12.3. The molecule has 0 heterocycles. The van der Waals surface area contributed by atoms with E-state index in [0.717, 1.165) is 37.2 Å². The van der Waals surface area contributed by atoms with E-state index in [1.807, 2.05) is 24.3 Å². The van der Waals surface area contributed by atoms with Gasteiger partial charge in [0.25, 0.3) is 10.1 Å². The number of hydrogen-bond donors (Lipinski definition) is 6. The lowest BCUT2D eigenvalue weighted by molar-refractivity contribution is 0.297. The first-order valence-electron chi connectivity index (χ1n) is 11.3. The Morgan fingerprint density at radius 3 is 1.31 bits per heavy atom. The van der Waals surface area contributed by atoms with Gasteiger partial charge in [-0.15, -0.1) is 0 Å². The van der Waals surface area contributed by atoms with Gasteiger partial charge in [-0.3, -0.25) is 15.4 Å². The van der Waals surface area contributed by atoms with E-state index in [0.29, 0.717) is 24.3 Å². The molecule has 0 amide bonds. The van der Waals surface area contributed by atoms with Crippen molar-refractivity contribution < 1.29 is 27.6 Å². The molecule has 0 saturated carbocycles. The SMILES string of the molecule is N=C(N)c1ccc(OCCCCCCCCOc2ccc(C(=N)N)cc2)cc1.O=S(=O)(O)CCO. The molecule has 0 aliphatic heterocycles. The number of nitrogens with one attached hydrogen (secondary N) is 2. The van der Waals surface area contributed by atoms with E-state index < -0.39 is 22.5 Å². The van der Waals surface area contributed by atoms with E-state index in [-0.39, 0.29) is 11.7 Å². The Morgan fingerprint density at radius 2 is 1.06 bits per heavy atom. The van der Waals surface area contributed by atoms with Crippen LogP contribution in [0.1, 0.15) is 49.7 Å². The topological polar surface area (TPSA) is 193 Å². The predicted molar refractivity (Wildman–Crippen MR) is 137 cm³/mol. The van der Waals surface area contributed by atoms with Crippen molar-refractivity contribution in [3.05, 3.63) is 59.7 Å². The second-order valence-electron chi connectivity index (χ2n) is 7.70. The third kappa shape index (κ3) is 14.7. The summed E-state index contributed by atoms with van der Waals surface area (Å²) in [6, 6.07) is 14.6. The average Bonchev–Trinajstić information content (AvgIpc) is 2.80. The highest BCUT2D eigenvalue weighted by molar-refractivity contribution is 7.85. The van der Waals surface area contributed by atoms with Crippen molar-refractivity contribution in [2.24, 2.45) is 11.5 Å². The molecular formula is C24H36N4O6S. The Hall–Kier alpha value is -3.15. The summed E-state index contributed by atoms with van der Waals surface area (Å²) in [6.07, 6.45) is 6.76. The first kappa shape index (κ1) is 29.9. The molecule has 0 fully saturated rings. The average molecular weight is 509 g/mol. The highest BCUT2D eigenvalue weighted by atomic mass is 32.2. The van der Waals surface area contributed by atoms with Gasteiger partial charge in [0.1, 0.15) is 23.2 Å². The maximum absolute atomic E-state index is 9.63. The van der Waals surface area contributed by atoms with E-state index in [2.05, 4.69) is 0 Å². The molecule has 35 heavy (non-hydrogen) atoms. The molecule has 0 atom stereocenters. The molecule has 0 aliphatic rings. The normalized spacial score (nSPS) is 10.7. The second-order valence-corrected chi connectivity index (χ2v) is 9.28. The molecule has 0 aromatic heterocycles. The van der Waals surface area contributed by atoms with Gasteiger partial charge in [-0.05, 0) is 61.4 Å². The number of nitrogen functional groups attached to an aromatic ring is 2. The van der Waals surface area contributed by atoms with Crippen LogP contribution in [0.2, 0.25) is 0 Å². The Morgan fingerprint density at radius 1 is 0.714 bits per heavy atom. The maximum atomic E-state index is 9.63. The van der Waals surface area contributed by atoms with E-state index in [1.165, 1.54) is 12.8 Å². The molecule has 2 aromatic carbocycles. The predicted octanol–water partition coefficient (Wildman–Crippen LogP) is 2.92. The van der Waals surface area contributed by atoms with Crippen LogP contribution in [-0.4, -0.2) is 55.3 Å². The summed E-state index contributed by atoms with van der Waals surface area (Å²) in [6.45, 7) is 0.885. The molecule has 0 bridgehead atoms. The number of amidine groups is 2. The Balaban J connectivity index is 0.000000762. The number of ether oxygens (including phenoxy) is 2. The largest absolute Gasteiger partial charge is 0.494 e. The van der Waals surface area contributed by atoms with Crippen LogP contribution in [0.3, 0.4) is 0 Å². The van der Waals surface area contributed by atoms with Crippen LogP contribution in [0, 0.1) is 10.8 Å². The summed E-state index contributed by atoms with van der Waals surface area (Å²) in [5, 5.41) is 22.6. The zero-order valence-electron chi connectivity index (χ0n) is 19.8. The fourth-order valence-electron chi connectivity index (χ4n) is 2.87. The lowest BCUT2D eigenvalue weighted by Gasteiger charge is -2.08. The van der Waals surface area contributed by atoms with Crippen LogP contribution in [-0.2, 0) is 10.1 Å². The first-order chi connectivity index (χ1) is 16.6. The van der Waals surface area contributed by atoms with Crippen LogP contribution in [0.15, 0.2) is 48.5 Å². The monoisotopic (exact) mass is 508 g/mol. The van der Waals surface area contributed by atoms with Gasteiger partial charge in [-0.2, -0.15) is 8.42 Å². The molecule has 8 N–H and O–H groups in total. The van der Waals surface area contributed by atoms with Gasteiger partial charge in [0.05, 0.1) is 25.6 Å². The highest BCUT2D eigenvalue weighted by Crippen LogP contribution is 2.14. The second kappa shape index (κ2) is 16.5. The molecule has 0 unspecified atom stereocenters. The number of nitrogens with two attached hydrogens (primary N) is 2. The number of hydrogen-bond acceptors (Lipinski definition) is 7. The lowest BCUT2D eigenvalue weighted by atomic mass is 10.1. The quantitative estimate of drug-likeness (QED) is 0.0914. The number of aliphatic hydroxyl groups excluding tert-OH is 1. The van der Waals surface area contributed by atoms with Gasteiger partial charge >= 0.3 is 0 Å². The summed E-state index contributed by atoms with van der Waals surface area (Å²) in [5.74, 6) is 1.20. The number of rotatable bonds is 15. The smallest absolute Gasteiger partial charge is 0.267 e. The Bertz CT molecular complexity index is 930. The van der Waals surface area contributed by atoms with Gasteiger partial charge in [-0.1, -0.05) is 25.7 Å². The molecule has 2 rings (SSSR count). The van der Waals surface area contributed by atoms with Gasteiger partial charge in [0.2, 0.25) is 0 Å². The van der Waals surface area contributed by atoms with Crippen molar-refractivity contribution in [1.82, 2.24) is 0 Å². The van der Waals surface area contributed by atoms with Gasteiger partial charge in [0, 0.05) is 11.1 Å². The fourth-order valence-corrected chi connectivity index (χ4v) is 3.10. The summed E-state index contributed by atoms with van der Waals surface area (Å²) < 4.78 is 38.5. The lowest BCUT2D eigenvalue weighted by Crippen LogP contribution is -2.10. The molecule has 0 spiro atoms. The van der Waals surface area contributed by atoms with Crippen LogP contribution in [0.5, 0.6) is 11.5 Å². The molecule has 2 aromatic rings. The van der Waals surface area contributed by atoms with Crippen molar-refractivity contribution in [2.75, 3.05) is 25.6 Å². The minimum atomic E-state index is -3.92. The third-order valence-electron chi connectivity index (χ3n) is 4.76.